The van der Waals surface area contributed by atoms with E-state index in [-0.39, 0.29) is 11.6 Å². The Morgan fingerprint density at radius 3 is 2.06 bits per heavy atom. The summed E-state index contributed by atoms with van der Waals surface area (Å²) < 4.78 is 11.2. The molecule has 0 bridgehead atoms. The lowest BCUT2D eigenvalue weighted by Crippen LogP contribution is -2.47. The van der Waals surface area contributed by atoms with E-state index in [1.165, 1.54) is 0 Å². The van der Waals surface area contributed by atoms with Gasteiger partial charge < -0.3 is 24.5 Å². The van der Waals surface area contributed by atoms with Crippen molar-refractivity contribution in [2.45, 2.75) is 63.5 Å². The van der Waals surface area contributed by atoms with E-state index in [0.717, 1.165) is 0 Å². The van der Waals surface area contributed by atoms with Crippen molar-refractivity contribution in [1.29, 1.82) is 0 Å². The Hall–Kier alpha value is 0.0169. The molecule has 1 rings (SSSR count). The molecule has 0 aromatic carbocycles. The van der Waals surface area contributed by atoms with Gasteiger partial charge in [0.2, 0.25) is 0 Å². The molecule has 5 nitrogen and oxygen atoms in total. The van der Waals surface area contributed by atoms with E-state index in [1.54, 1.807) is 0 Å². The number of hydrogen-bond donors (Lipinski definition) is 3. The van der Waals surface area contributed by atoms with Crippen LogP contribution in [0, 0.1) is 0 Å². The largest absolute Gasteiger partial charge is 0.394 e. The van der Waals surface area contributed by atoms with Gasteiger partial charge in [0.25, 0.3) is 0 Å². The summed E-state index contributed by atoms with van der Waals surface area (Å²) >= 11 is 0. The summed E-state index contributed by atoms with van der Waals surface area (Å²) in [6.07, 6.45) is -3.79. The Morgan fingerprint density at radius 2 is 1.71 bits per heavy atom. The summed E-state index contributed by atoms with van der Waals surface area (Å²) in [6, 6.07) is 0. The molecule has 0 amide bonds. The van der Waals surface area contributed by atoms with Crippen molar-refractivity contribution >= 4 is 8.32 Å². The van der Waals surface area contributed by atoms with Gasteiger partial charge in [-0.1, -0.05) is 20.8 Å². The molecule has 0 radical (unpaired) electrons. The molecule has 1 saturated heterocycles. The van der Waals surface area contributed by atoms with Crippen LogP contribution >= 0.6 is 0 Å². The minimum Gasteiger partial charge on any atom is -0.394 e. The summed E-state index contributed by atoms with van der Waals surface area (Å²) in [7, 11) is -2.06. The lowest BCUT2D eigenvalue weighted by molar-refractivity contribution is -0.123. The van der Waals surface area contributed by atoms with Crippen LogP contribution in [-0.2, 0) is 9.16 Å². The maximum absolute atomic E-state index is 9.80. The second kappa shape index (κ2) is 4.95. The van der Waals surface area contributed by atoms with Crippen molar-refractivity contribution in [1.82, 2.24) is 0 Å². The van der Waals surface area contributed by atoms with Gasteiger partial charge in [0, 0.05) is 0 Å². The monoisotopic (exact) mass is 264 g/mol. The summed E-state index contributed by atoms with van der Waals surface area (Å²) in [6.45, 7) is 10.0. The highest BCUT2D eigenvalue weighted by Gasteiger charge is 2.48. The van der Waals surface area contributed by atoms with Crippen LogP contribution in [0.3, 0.4) is 0 Å². The van der Waals surface area contributed by atoms with Crippen LogP contribution in [-0.4, -0.2) is 54.8 Å². The Labute approximate surface area is 103 Å². The average molecular weight is 264 g/mol. The maximum atomic E-state index is 9.80. The van der Waals surface area contributed by atoms with Gasteiger partial charge in [-0.2, -0.15) is 0 Å². The highest BCUT2D eigenvalue weighted by molar-refractivity contribution is 6.74. The van der Waals surface area contributed by atoms with Gasteiger partial charge in [-0.3, -0.25) is 0 Å². The van der Waals surface area contributed by atoms with Crippen molar-refractivity contribution < 1.29 is 24.5 Å². The first kappa shape index (κ1) is 15.1. The standard InChI is InChI=1S/C11H24O5Si/c1-11(2,3)17(4,5)16-10-9(14)8(13)7(6-12)15-10/h7-10,12-14H,6H2,1-5H3/t7-,8-,9+,10?/m1/s1. The Bertz CT molecular complexity index is 263. The van der Waals surface area contributed by atoms with E-state index in [2.05, 4.69) is 20.8 Å². The molecular formula is C11H24O5Si. The molecule has 1 fully saturated rings. The maximum Gasteiger partial charge on any atom is 0.195 e. The van der Waals surface area contributed by atoms with Crippen LogP contribution in [0.4, 0.5) is 0 Å². The molecule has 0 aromatic heterocycles. The molecule has 17 heavy (non-hydrogen) atoms. The molecule has 1 heterocycles. The van der Waals surface area contributed by atoms with E-state index in [9.17, 15) is 10.2 Å². The lowest BCUT2D eigenvalue weighted by atomic mass is 10.1. The van der Waals surface area contributed by atoms with E-state index < -0.39 is 32.9 Å². The highest BCUT2D eigenvalue weighted by Crippen LogP contribution is 2.39. The molecule has 1 aliphatic rings. The topological polar surface area (TPSA) is 79.2 Å². The molecule has 0 saturated carbocycles. The van der Waals surface area contributed by atoms with E-state index in [1.807, 2.05) is 13.1 Å². The van der Waals surface area contributed by atoms with Gasteiger partial charge in [0.05, 0.1) is 6.61 Å². The van der Waals surface area contributed by atoms with Crippen molar-refractivity contribution in [3.05, 3.63) is 0 Å². The first-order chi connectivity index (χ1) is 7.60. The first-order valence-electron chi connectivity index (χ1n) is 5.90. The molecule has 3 N–H and O–H groups in total. The smallest absolute Gasteiger partial charge is 0.195 e. The summed E-state index contributed by atoms with van der Waals surface area (Å²) in [5.41, 5.74) is 0. The van der Waals surface area contributed by atoms with Crippen LogP contribution in [0.5, 0.6) is 0 Å². The van der Waals surface area contributed by atoms with Gasteiger partial charge in [-0.15, -0.1) is 0 Å². The van der Waals surface area contributed by atoms with E-state index in [0.29, 0.717) is 0 Å². The number of ether oxygens (including phenoxy) is 1. The Balaban J connectivity index is 2.71. The quantitative estimate of drug-likeness (QED) is 0.645. The predicted molar refractivity (Wildman–Crippen MR) is 66.0 cm³/mol. The van der Waals surface area contributed by atoms with Crippen LogP contribution in [0.2, 0.25) is 18.1 Å². The number of aliphatic hydroxyl groups excluding tert-OH is 3. The van der Waals surface area contributed by atoms with Gasteiger partial charge in [0.15, 0.2) is 14.6 Å². The molecule has 0 aromatic rings. The second-order valence-corrected chi connectivity index (χ2v) is 10.8. The Morgan fingerprint density at radius 1 is 1.18 bits per heavy atom. The van der Waals surface area contributed by atoms with Crippen molar-refractivity contribution in [3.63, 3.8) is 0 Å². The number of rotatable bonds is 3. The van der Waals surface area contributed by atoms with Crippen LogP contribution in [0.1, 0.15) is 20.8 Å². The van der Waals surface area contributed by atoms with Crippen LogP contribution in [0.15, 0.2) is 0 Å². The minimum absolute atomic E-state index is 0.00165. The molecule has 1 aliphatic heterocycles. The van der Waals surface area contributed by atoms with Crippen molar-refractivity contribution in [2.24, 2.45) is 0 Å². The number of aliphatic hydroxyl groups is 3. The normalized spacial score (nSPS) is 35.3. The average Bonchev–Trinajstić information content (AvgIpc) is 2.43. The fourth-order valence-corrected chi connectivity index (χ4v) is 2.56. The number of hydrogen-bond acceptors (Lipinski definition) is 5. The SMILES string of the molecule is CC(C)(C)[Si](C)(C)OC1O[C@H](CO)[C@@H](O)[C@@H]1O. The minimum atomic E-state index is -2.06. The molecule has 1 unspecified atom stereocenters. The first-order valence-corrected chi connectivity index (χ1v) is 8.81. The zero-order valence-corrected chi connectivity index (χ0v) is 12.2. The van der Waals surface area contributed by atoms with Crippen molar-refractivity contribution in [3.8, 4) is 0 Å². The van der Waals surface area contributed by atoms with Gasteiger partial charge in [0.1, 0.15) is 18.3 Å². The predicted octanol–water partition coefficient (Wildman–Crippen LogP) is 0.447. The van der Waals surface area contributed by atoms with E-state index in [4.69, 9.17) is 14.3 Å². The summed E-state index contributed by atoms with van der Waals surface area (Å²) in [4.78, 5) is 0. The molecule has 6 heteroatoms. The zero-order chi connectivity index (χ0) is 13.4. The molecule has 0 spiro atoms. The zero-order valence-electron chi connectivity index (χ0n) is 11.2. The molecule has 4 atom stereocenters. The molecule has 102 valence electrons. The van der Waals surface area contributed by atoms with E-state index >= 15 is 0 Å². The lowest BCUT2D eigenvalue weighted by Gasteiger charge is -2.38. The van der Waals surface area contributed by atoms with Crippen LogP contribution < -0.4 is 0 Å². The Kier molecular flexibility index (Phi) is 4.39. The fraction of sp³-hybridized carbons (Fsp3) is 1.00. The summed E-state index contributed by atoms with van der Waals surface area (Å²) in [5.74, 6) is 0. The van der Waals surface area contributed by atoms with Crippen LogP contribution in [0.25, 0.3) is 0 Å². The second-order valence-electron chi connectivity index (χ2n) is 6.08. The third-order valence-electron chi connectivity index (χ3n) is 3.72. The van der Waals surface area contributed by atoms with Gasteiger partial charge in [-0.25, -0.2) is 0 Å². The highest BCUT2D eigenvalue weighted by atomic mass is 28.4. The van der Waals surface area contributed by atoms with Gasteiger partial charge >= 0.3 is 0 Å². The third kappa shape index (κ3) is 3.07. The van der Waals surface area contributed by atoms with Gasteiger partial charge in [-0.05, 0) is 18.1 Å². The molecular weight excluding hydrogens is 240 g/mol. The fourth-order valence-electron chi connectivity index (χ4n) is 1.43. The third-order valence-corrected chi connectivity index (χ3v) is 8.15. The summed E-state index contributed by atoms with van der Waals surface area (Å²) in [5, 5.41) is 28.4. The molecule has 0 aliphatic carbocycles. The van der Waals surface area contributed by atoms with Crippen molar-refractivity contribution in [2.75, 3.05) is 6.61 Å².